The van der Waals surface area contributed by atoms with E-state index in [9.17, 15) is 4.79 Å². The molecular weight excluding hydrogens is 284 g/mol. The van der Waals surface area contributed by atoms with Crippen molar-refractivity contribution in [1.29, 1.82) is 0 Å². The largest absolute Gasteiger partial charge is 0.463 e. The molecule has 0 N–H and O–H groups in total. The topological polar surface area (TPSA) is 26.3 Å². The van der Waals surface area contributed by atoms with Gasteiger partial charge in [-0.15, -0.1) is 0 Å². The lowest BCUT2D eigenvalue weighted by atomic mass is 9.45. The van der Waals surface area contributed by atoms with E-state index in [1.54, 1.807) is 6.92 Å². The van der Waals surface area contributed by atoms with Crippen molar-refractivity contribution in [2.45, 2.75) is 78.2 Å². The summed E-state index contributed by atoms with van der Waals surface area (Å²) in [6.07, 6.45) is 15.5. The molecular formula is C21H32O2. The van der Waals surface area contributed by atoms with Gasteiger partial charge in [-0.3, -0.25) is 4.79 Å². The first-order valence-electron chi connectivity index (χ1n) is 9.77. The monoisotopic (exact) mass is 316 g/mol. The van der Waals surface area contributed by atoms with Crippen LogP contribution in [0.1, 0.15) is 72.1 Å². The second kappa shape index (κ2) is 5.36. The van der Waals surface area contributed by atoms with Crippen LogP contribution >= 0.6 is 0 Å². The summed E-state index contributed by atoms with van der Waals surface area (Å²) in [4.78, 5) is 11.3. The predicted molar refractivity (Wildman–Crippen MR) is 91.8 cm³/mol. The highest BCUT2D eigenvalue weighted by atomic mass is 16.5. The zero-order chi connectivity index (χ0) is 16.2. The second-order valence-electron chi connectivity index (χ2n) is 9.35. The van der Waals surface area contributed by atoms with Crippen LogP contribution in [0.3, 0.4) is 0 Å². The molecule has 0 saturated heterocycles. The Kier molecular flexibility index (Phi) is 3.66. The lowest BCUT2D eigenvalue weighted by molar-refractivity contribution is -0.158. The van der Waals surface area contributed by atoms with Crippen molar-refractivity contribution < 1.29 is 9.53 Å². The maximum absolute atomic E-state index is 11.3. The van der Waals surface area contributed by atoms with Gasteiger partial charge in [-0.05, 0) is 85.9 Å². The molecule has 0 bridgehead atoms. The van der Waals surface area contributed by atoms with Crippen LogP contribution in [0.25, 0.3) is 0 Å². The van der Waals surface area contributed by atoms with E-state index in [2.05, 4.69) is 26.0 Å². The molecule has 0 spiro atoms. The molecule has 3 fully saturated rings. The van der Waals surface area contributed by atoms with Gasteiger partial charge < -0.3 is 4.74 Å². The fourth-order valence-corrected chi connectivity index (χ4v) is 7.04. The van der Waals surface area contributed by atoms with Gasteiger partial charge in [-0.2, -0.15) is 0 Å². The first-order valence-corrected chi connectivity index (χ1v) is 9.77. The molecule has 0 aromatic carbocycles. The van der Waals surface area contributed by atoms with Crippen LogP contribution in [-0.2, 0) is 9.53 Å². The third-order valence-corrected chi connectivity index (χ3v) is 8.28. The van der Waals surface area contributed by atoms with Gasteiger partial charge in [0.05, 0.1) is 0 Å². The zero-order valence-corrected chi connectivity index (χ0v) is 15.0. The molecule has 0 heterocycles. The van der Waals surface area contributed by atoms with E-state index in [-0.39, 0.29) is 12.1 Å². The average molecular weight is 316 g/mol. The van der Waals surface area contributed by atoms with Crippen LogP contribution in [0.5, 0.6) is 0 Å². The van der Waals surface area contributed by atoms with Gasteiger partial charge in [0.15, 0.2) is 0 Å². The molecule has 3 saturated carbocycles. The predicted octanol–water partition coefficient (Wildman–Crippen LogP) is 5.13. The molecule has 0 amide bonds. The van der Waals surface area contributed by atoms with Gasteiger partial charge in [-0.1, -0.05) is 26.0 Å². The maximum atomic E-state index is 11.3. The number of ether oxygens (including phenoxy) is 1. The van der Waals surface area contributed by atoms with E-state index in [1.165, 1.54) is 38.5 Å². The minimum Gasteiger partial charge on any atom is -0.463 e. The SMILES string of the molecule is CC(=O)O[C@@H]1CC[C@@]2(C)[C@@H](CC[C@@H]3[C@@H]2CC[C@]2(C)C=CC[C@@H]32)C1. The molecule has 0 radical (unpaired) electrons. The Morgan fingerprint density at radius 3 is 2.70 bits per heavy atom. The fourth-order valence-electron chi connectivity index (χ4n) is 7.04. The first kappa shape index (κ1) is 15.7. The van der Waals surface area contributed by atoms with E-state index in [1.807, 2.05) is 0 Å². The number of hydrogen-bond donors (Lipinski definition) is 0. The fraction of sp³-hybridized carbons (Fsp3) is 0.857. The molecule has 0 aromatic rings. The number of rotatable bonds is 1. The van der Waals surface area contributed by atoms with Crippen LogP contribution in [0.4, 0.5) is 0 Å². The summed E-state index contributed by atoms with van der Waals surface area (Å²) in [7, 11) is 0. The van der Waals surface area contributed by atoms with Crippen LogP contribution in [0, 0.1) is 34.5 Å². The minimum absolute atomic E-state index is 0.0993. The smallest absolute Gasteiger partial charge is 0.302 e. The summed E-state index contributed by atoms with van der Waals surface area (Å²) in [5.41, 5.74) is 0.975. The number of esters is 1. The molecule has 4 aliphatic rings. The van der Waals surface area contributed by atoms with Gasteiger partial charge in [0.1, 0.15) is 6.10 Å². The van der Waals surface area contributed by atoms with E-state index >= 15 is 0 Å². The van der Waals surface area contributed by atoms with Crippen molar-refractivity contribution in [3.8, 4) is 0 Å². The highest BCUT2D eigenvalue weighted by Gasteiger charge is 2.57. The van der Waals surface area contributed by atoms with Crippen LogP contribution < -0.4 is 0 Å². The van der Waals surface area contributed by atoms with Crippen LogP contribution in [-0.4, -0.2) is 12.1 Å². The van der Waals surface area contributed by atoms with Gasteiger partial charge in [0.2, 0.25) is 0 Å². The zero-order valence-electron chi connectivity index (χ0n) is 15.0. The van der Waals surface area contributed by atoms with Crippen LogP contribution in [0.15, 0.2) is 12.2 Å². The third-order valence-electron chi connectivity index (χ3n) is 8.28. The summed E-state index contributed by atoms with van der Waals surface area (Å²) >= 11 is 0. The molecule has 2 heteroatoms. The highest BCUT2D eigenvalue weighted by molar-refractivity contribution is 5.66. The summed E-state index contributed by atoms with van der Waals surface area (Å²) in [5, 5.41) is 0. The molecule has 128 valence electrons. The molecule has 4 aliphatic carbocycles. The lowest BCUT2D eigenvalue weighted by Crippen LogP contribution is -2.53. The van der Waals surface area contributed by atoms with Crippen molar-refractivity contribution in [1.82, 2.24) is 0 Å². The molecule has 4 rings (SSSR count). The first-order chi connectivity index (χ1) is 10.9. The van der Waals surface area contributed by atoms with E-state index in [0.717, 1.165) is 36.5 Å². The molecule has 0 unspecified atom stereocenters. The Morgan fingerprint density at radius 2 is 1.91 bits per heavy atom. The Morgan fingerprint density at radius 1 is 1.09 bits per heavy atom. The molecule has 0 aliphatic heterocycles. The Bertz CT molecular complexity index is 524. The van der Waals surface area contributed by atoms with Crippen molar-refractivity contribution in [2.75, 3.05) is 0 Å². The van der Waals surface area contributed by atoms with E-state index in [0.29, 0.717) is 10.8 Å². The van der Waals surface area contributed by atoms with E-state index in [4.69, 9.17) is 4.74 Å². The molecule has 23 heavy (non-hydrogen) atoms. The summed E-state index contributed by atoms with van der Waals surface area (Å²) < 4.78 is 5.56. The normalized spacial score (nSPS) is 51.5. The third kappa shape index (κ3) is 2.39. The standard InChI is InChI=1S/C21H32O2/c1-14(22)23-16-8-12-21(3)15(13-16)6-7-17-18-5-4-10-20(18,2)11-9-19(17)21/h4,10,15-19H,5-9,11-13H2,1-3H3/t15-,16+,17-,18-,19-,20-,21-/m0/s1. The summed E-state index contributed by atoms with van der Waals surface area (Å²) in [5.74, 6) is 3.39. The van der Waals surface area contributed by atoms with Crippen molar-refractivity contribution in [3.63, 3.8) is 0 Å². The number of carbonyl (C=O) groups excluding carboxylic acids is 1. The van der Waals surface area contributed by atoms with Gasteiger partial charge in [0, 0.05) is 6.92 Å². The van der Waals surface area contributed by atoms with Gasteiger partial charge in [-0.25, -0.2) is 0 Å². The molecule has 2 nitrogen and oxygen atoms in total. The van der Waals surface area contributed by atoms with Gasteiger partial charge in [0.25, 0.3) is 0 Å². The van der Waals surface area contributed by atoms with Crippen LogP contribution in [0.2, 0.25) is 0 Å². The lowest BCUT2D eigenvalue weighted by Gasteiger charge is -2.60. The summed E-state index contributed by atoms with van der Waals surface area (Å²) in [6, 6.07) is 0. The number of hydrogen-bond acceptors (Lipinski definition) is 2. The number of allylic oxidation sites excluding steroid dienone is 2. The Hall–Kier alpha value is -0.790. The number of carbonyl (C=O) groups is 1. The van der Waals surface area contributed by atoms with Crippen molar-refractivity contribution in [2.24, 2.45) is 34.5 Å². The number of fused-ring (bicyclic) bond motifs is 5. The van der Waals surface area contributed by atoms with Crippen molar-refractivity contribution in [3.05, 3.63) is 12.2 Å². The Balaban J connectivity index is 1.53. The second-order valence-corrected chi connectivity index (χ2v) is 9.35. The summed E-state index contributed by atoms with van der Waals surface area (Å²) in [6.45, 7) is 6.63. The van der Waals surface area contributed by atoms with Gasteiger partial charge >= 0.3 is 5.97 Å². The van der Waals surface area contributed by atoms with Crippen molar-refractivity contribution >= 4 is 5.97 Å². The average Bonchev–Trinajstić information content (AvgIpc) is 2.89. The maximum Gasteiger partial charge on any atom is 0.302 e. The highest BCUT2D eigenvalue weighted by Crippen LogP contribution is 2.65. The molecule has 7 atom stereocenters. The molecule has 0 aromatic heterocycles. The Labute approximate surface area is 141 Å². The minimum atomic E-state index is -0.0993. The van der Waals surface area contributed by atoms with E-state index < -0.39 is 0 Å². The quantitative estimate of drug-likeness (QED) is 0.495.